The van der Waals surface area contributed by atoms with E-state index in [-0.39, 0.29) is 44.0 Å². The van der Waals surface area contributed by atoms with E-state index >= 15 is 0 Å². The fraction of sp³-hybridized carbons (Fsp3) is 0.667. The minimum absolute atomic E-state index is 0.0403. The van der Waals surface area contributed by atoms with Gasteiger partial charge in [-0.1, -0.05) is 24.3 Å². The zero-order valence-corrected chi connectivity index (χ0v) is 19.8. The van der Waals surface area contributed by atoms with Gasteiger partial charge < -0.3 is 29.7 Å². The summed E-state index contributed by atoms with van der Waals surface area (Å²) in [6.07, 6.45) is 6.36. The average molecular weight is 476 g/mol. The monoisotopic (exact) mass is 475 g/mol. The van der Waals surface area contributed by atoms with Crippen molar-refractivity contribution in [3.63, 3.8) is 0 Å². The maximum absolute atomic E-state index is 13.7. The van der Waals surface area contributed by atoms with Crippen molar-refractivity contribution in [3.8, 4) is 0 Å². The number of aliphatic hydroxyl groups excluding tert-OH is 1. The van der Waals surface area contributed by atoms with Crippen molar-refractivity contribution in [1.29, 1.82) is 0 Å². The van der Waals surface area contributed by atoms with Gasteiger partial charge in [-0.15, -0.1) is 0 Å². The first-order valence-corrected chi connectivity index (χ1v) is 11.9. The molecule has 1 spiro atoms. The van der Waals surface area contributed by atoms with Gasteiger partial charge in [0.1, 0.15) is 23.7 Å². The fourth-order valence-electron chi connectivity index (χ4n) is 5.49. The Morgan fingerprint density at radius 1 is 1.21 bits per heavy atom. The Hall–Kier alpha value is -2.72. The van der Waals surface area contributed by atoms with Crippen LogP contribution in [0.15, 0.2) is 24.3 Å². The number of hydrogen-bond acceptors (Lipinski definition) is 7. The number of aliphatic hydroxyl groups is 1. The van der Waals surface area contributed by atoms with E-state index in [0.717, 1.165) is 0 Å². The van der Waals surface area contributed by atoms with E-state index in [4.69, 9.17) is 9.47 Å². The zero-order valence-electron chi connectivity index (χ0n) is 19.8. The molecule has 0 saturated carbocycles. The van der Waals surface area contributed by atoms with Crippen LogP contribution in [-0.2, 0) is 28.7 Å². The average Bonchev–Trinajstić information content (AvgIpc) is 3.15. The lowest BCUT2D eigenvalue weighted by Gasteiger charge is -2.36. The maximum Gasteiger partial charge on any atom is 0.313 e. The Labute approximate surface area is 198 Å². The van der Waals surface area contributed by atoms with Crippen LogP contribution in [0.2, 0.25) is 0 Å². The third kappa shape index (κ3) is 4.02. The zero-order chi connectivity index (χ0) is 24.6. The summed E-state index contributed by atoms with van der Waals surface area (Å²) in [5.74, 6) is -3.37. The molecule has 0 bridgehead atoms. The van der Waals surface area contributed by atoms with Crippen molar-refractivity contribution in [3.05, 3.63) is 24.3 Å². The van der Waals surface area contributed by atoms with Gasteiger partial charge in [-0.25, -0.2) is 0 Å². The van der Waals surface area contributed by atoms with Crippen molar-refractivity contribution in [2.45, 2.75) is 63.5 Å². The van der Waals surface area contributed by atoms with Gasteiger partial charge in [0.15, 0.2) is 0 Å². The third-order valence-corrected chi connectivity index (χ3v) is 7.03. The molecule has 4 aliphatic rings. The number of cyclic esters (lactones) is 1. The number of hydrogen-bond donors (Lipinski definition) is 2. The number of amides is 3. The predicted octanol–water partition coefficient (Wildman–Crippen LogP) is -0.236. The van der Waals surface area contributed by atoms with Gasteiger partial charge in [-0.2, -0.15) is 0 Å². The first kappa shape index (κ1) is 24.4. The fourth-order valence-corrected chi connectivity index (χ4v) is 5.49. The Balaban J connectivity index is 1.79. The van der Waals surface area contributed by atoms with E-state index in [1.807, 2.05) is 19.9 Å². The lowest BCUT2D eigenvalue weighted by atomic mass is 9.78. The van der Waals surface area contributed by atoms with Gasteiger partial charge in [-0.3, -0.25) is 19.2 Å². The highest BCUT2D eigenvalue weighted by atomic mass is 16.6. The normalized spacial score (nSPS) is 37.3. The minimum atomic E-state index is -1.36. The number of carbonyl (C=O) groups is 4. The number of carbonyl (C=O) groups excluding carboxylic acids is 4. The summed E-state index contributed by atoms with van der Waals surface area (Å²) in [5.41, 5.74) is -1.36. The van der Waals surface area contributed by atoms with Crippen LogP contribution in [0.1, 0.15) is 33.6 Å². The van der Waals surface area contributed by atoms with E-state index < -0.39 is 47.6 Å². The molecule has 0 unspecified atom stereocenters. The Morgan fingerprint density at radius 3 is 2.68 bits per heavy atom. The number of likely N-dealkylation sites (tertiary alicyclic amines) is 1. The number of allylic oxidation sites excluding steroid dienone is 1. The summed E-state index contributed by atoms with van der Waals surface area (Å²) in [4.78, 5) is 55.8. The molecule has 186 valence electrons. The molecule has 6 atom stereocenters. The molecule has 3 amide bonds. The Morgan fingerprint density at radius 2 is 1.97 bits per heavy atom. The number of ether oxygens (including phenoxy) is 2. The van der Waals surface area contributed by atoms with Gasteiger partial charge in [0.25, 0.3) is 0 Å². The molecule has 2 saturated heterocycles. The molecule has 0 aliphatic carbocycles. The largest absolute Gasteiger partial charge is 0.460 e. The molecule has 10 heteroatoms. The Kier molecular flexibility index (Phi) is 6.82. The van der Waals surface area contributed by atoms with E-state index in [1.54, 1.807) is 30.1 Å². The molecule has 0 aromatic carbocycles. The SMILES string of the molecule is CC(C)N1CC=C[C@]23O[C@@H]4/C=C\CCC(=O)NC[C@@H](C)OC(=O)[C@@H]4[C@H]2C(=O)N(CCO)[C@@H]3C1=O. The summed E-state index contributed by atoms with van der Waals surface area (Å²) in [5, 5.41) is 12.4. The topological polar surface area (TPSA) is 125 Å². The number of nitrogens with zero attached hydrogens (tertiary/aromatic N) is 2. The maximum atomic E-state index is 13.7. The molecule has 0 aromatic rings. The molecule has 10 nitrogen and oxygen atoms in total. The van der Waals surface area contributed by atoms with Gasteiger partial charge in [-0.05, 0) is 27.2 Å². The molecule has 4 aliphatic heterocycles. The summed E-state index contributed by atoms with van der Waals surface area (Å²) in [6, 6.07) is -1.11. The van der Waals surface area contributed by atoms with Crippen molar-refractivity contribution >= 4 is 23.7 Å². The molecule has 34 heavy (non-hydrogen) atoms. The summed E-state index contributed by atoms with van der Waals surface area (Å²) in [6.45, 7) is 5.62. The molecular weight excluding hydrogens is 442 g/mol. The number of nitrogens with one attached hydrogen (secondary N) is 1. The molecule has 2 N–H and O–H groups in total. The number of fused-ring (bicyclic) bond motifs is 2. The van der Waals surface area contributed by atoms with Crippen molar-refractivity contribution in [1.82, 2.24) is 15.1 Å². The van der Waals surface area contributed by atoms with Crippen LogP contribution in [0.5, 0.6) is 0 Å². The highest BCUT2D eigenvalue weighted by Gasteiger charge is 2.71. The number of esters is 1. The summed E-state index contributed by atoms with van der Waals surface area (Å²) < 4.78 is 12.1. The molecular formula is C24H33N3O7. The standard InChI is InChI=1S/C24H33N3O7/c1-14(2)26-10-6-9-24-19(21(30)27(11-12-28)20(24)22(26)31)18-16(34-24)7-4-5-8-17(29)25-13-15(3)33-23(18)32/h4,6-7,9,14-16,18-20,28H,5,8,10-13H2,1-3H3,(H,25,29)/b7-4-/t15-,16-,18+,19+,20-,24+/m1/s1. The lowest BCUT2D eigenvalue weighted by molar-refractivity contribution is -0.159. The van der Waals surface area contributed by atoms with Crippen molar-refractivity contribution in [2.75, 3.05) is 26.2 Å². The number of rotatable bonds is 3. The first-order chi connectivity index (χ1) is 16.2. The van der Waals surface area contributed by atoms with Gasteiger partial charge >= 0.3 is 5.97 Å². The smallest absolute Gasteiger partial charge is 0.313 e. The highest BCUT2D eigenvalue weighted by molar-refractivity contribution is 5.99. The van der Waals surface area contributed by atoms with E-state index in [2.05, 4.69) is 5.32 Å². The molecule has 4 heterocycles. The molecule has 0 radical (unpaired) electrons. The van der Waals surface area contributed by atoms with E-state index in [0.29, 0.717) is 13.0 Å². The van der Waals surface area contributed by atoms with Crippen LogP contribution in [0.25, 0.3) is 0 Å². The third-order valence-electron chi connectivity index (χ3n) is 7.03. The second-order valence-corrected chi connectivity index (χ2v) is 9.60. The number of β-amino-alcohol motifs (C(OH)–C–C–N with tert-alkyl or cyclic N) is 1. The minimum Gasteiger partial charge on any atom is -0.460 e. The Bertz CT molecular complexity index is 916. The van der Waals surface area contributed by atoms with E-state index in [1.165, 1.54) is 4.90 Å². The van der Waals surface area contributed by atoms with Gasteiger partial charge in [0.2, 0.25) is 17.7 Å². The van der Waals surface area contributed by atoms with Crippen molar-refractivity contribution < 1.29 is 33.8 Å². The van der Waals surface area contributed by atoms with Gasteiger partial charge in [0.05, 0.1) is 25.2 Å². The van der Waals surface area contributed by atoms with Gasteiger partial charge in [0, 0.05) is 25.6 Å². The first-order valence-electron chi connectivity index (χ1n) is 11.9. The lowest BCUT2D eigenvalue weighted by Crippen LogP contribution is -2.56. The van der Waals surface area contributed by atoms with E-state index in [9.17, 15) is 24.3 Å². The predicted molar refractivity (Wildman–Crippen MR) is 120 cm³/mol. The van der Waals surface area contributed by atoms with Crippen LogP contribution in [0.3, 0.4) is 0 Å². The van der Waals surface area contributed by atoms with Crippen LogP contribution in [0, 0.1) is 11.8 Å². The highest BCUT2D eigenvalue weighted by Crippen LogP contribution is 2.53. The second kappa shape index (κ2) is 9.50. The summed E-state index contributed by atoms with van der Waals surface area (Å²) in [7, 11) is 0. The van der Waals surface area contributed by atoms with Crippen LogP contribution < -0.4 is 5.32 Å². The molecule has 0 aromatic heterocycles. The quantitative estimate of drug-likeness (QED) is 0.426. The molecule has 4 rings (SSSR count). The summed E-state index contributed by atoms with van der Waals surface area (Å²) >= 11 is 0. The van der Waals surface area contributed by atoms with Crippen LogP contribution in [-0.4, -0.2) is 94.7 Å². The molecule has 2 fully saturated rings. The van der Waals surface area contributed by atoms with Crippen LogP contribution in [0.4, 0.5) is 0 Å². The van der Waals surface area contributed by atoms with Crippen molar-refractivity contribution in [2.24, 2.45) is 11.8 Å². The van der Waals surface area contributed by atoms with Crippen LogP contribution >= 0.6 is 0 Å². The second-order valence-electron chi connectivity index (χ2n) is 9.60.